The number of thiophene rings is 1. The van der Waals surface area contributed by atoms with Crippen LogP contribution in [0, 0.1) is 19.7 Å². The Morgan fingerprint density at radius 1 is 1.10 bits per heavy atom. The van der Waals surface area contributed by atoms with E-state index < -0.39 is 10.0 Å². The van der Waals surface area contributed by atoms with Crippen molar-refractivity contribution in [1.82, 2.24) is 9.21 Å². The zero-order valence-electron chi connectivity index (χ0n) is 16.6. The molecule has 1 amide bonds. The van der Waals surface area contributed by atoms with Crippen molar-refractivity contribution in [2.24, 2.45) is 0 Å². The molecule has 3 aromatic rings. The Kier molecular flexibility index (Phi) is 5.29. The fourth-order valence-corrected chi connectivity index (χ4v) is 6.48. The maximum Gasteiger partial charge on any atom is 0.264 e. The number of aryl methyl sites for hydroxylation is 2. The van der Waals surface area contributed by atoms with Gasteiger partial charge in [0.1, 0.15) is 16.5 Å². The van der Waals surface area contributed by atoms with Crippen molar-refractivity contribution in [3.63, 3.8) is 0 Å². The number of carbonyl (C=O) groups is 1. The van der Waals surface area contributed by atoms with E-state index in [4.69, 9.17) is 0 Å². The van der Waals surface area contributed by atoms with E-state index in [1.165, 1.54) is 33.8 Å². The van der Waals surface area contributed by atoms with Gasteiger partial charge in [-0.3, -0.25) is 4.79 Å². The Bertz CT molecular complexity index is 1250. The zero-order chi connectivity index (χ0) is 21.6. The van der Waals surface area contributed by atoms with Gasteiger partial charge in [0, 0.05) is 36.3 Å². The number of halogens is 1. The van der Waals surface area contributed by atoms with Crippen molar-refractivity contribution in [2.75, 3.05) is 26.2 Å². The molecule has 158 valence electrons. The lowest BCUT2D eigenvalue weighted by molar-refractivity contribution is 0.0702. The summed E-state index contributed by atoms with van der Waals surface area (Å²) in [7, 11) is -3.86. The Morgan fingerprint density at radius 3 is 2.47 bits per heavy atom. The van der Waals surface area contributed by atoms with E-state index in [2.05, 4.69) is 0 Å². The molecule has 1 saturated heterocycles. The lowest BCUT2D eigenvalue weighted by atomic mass is 10.1. The summed E-state index contributed by atoms with van der Waals surface area (Å²) in [5.41, 5.74) is 1.34. The van der Waals surface area contributed by atoms with Crippen LogP contribution in [-0.2, 0) is 10.0 Å². The Balaban J connectivity index is 1.54. The normalized spacial score (nSPS) is 15.6. The van der Waals surface area contributed by atoms with Crippen LogP contribution in [0.15, 0.2) is 41.3 Å². The first-order chi connectivity index (χ1) is 14.2. The predicted molar refractivity (Wildman–Crippen MR) is 114 cm³/mol. The molecule has 1 N–H and O–H groups in total. The van der Waals surface area contributed by atoms with Crippen LogP contribution < -0.4 is 0 Å². The number of phenolic OH excluding ortho intramolecular Hbond substituents is 1. The van der Waals surface area contributed by atoms with Gasteiger partial charge >= 0.3 is 0 Å². The van der Waals surface area contributed by atoms with E-state index >= 15 is 0 Å². The molecular weight excluding hydrogens is 427 g/mol. The molecule has 0 aliphatic carbocycles. The Morgan fingerprint density at radius 2 is 1.80 bits per heavy atom. The van der Waals surface area contributed by atoms with Gasteiger partial charge in [-0.05, 0) is 49.2 Å². The van der Waals surface area contributed by atoms with E-state index in [9.17, 15) is 22.7 Å². The zero-order valence-corrected chi connectivity index (χ0v) is 18.2. The average molecular weight is 449 g/mol. The molecule has 0 bridgehead atoms. The number of piperazine rings is 1. The highest BCUT2D eigenvalue weighted by atomic mass is 32.2. The van der Waals surface area contributed by atoms with Crippen molar-refractivity contribution in [2.45, 2.75) is 18.7 Å². The maximum atomic E-state index is 14.2. The van der Waals surface area contributed by atoms with Gasteiger partial charge in [-0.2, -0.15) is 4.31 Å². The third-order valence-electron chi connectivity index (χ3n) is 5.36. The molecule has 9 heteroatoms. The van der Waals surface area contributed by atoms with Crippen molar-refractivity contribution < 1.29 is 22.7 Å². The number of carbonyl (C=O) groups excluding carboxylic acids is 1. The SMILES string of the molecule is Cc1ccc(O)c(S(=O)(=O)N2CCN(C(=O)c3sc4cccc(F)c4c3C)CC2)c1. The summed E-state index contributed by atoms with van der Waals surface area (Å²) in [6, 6.07) is 9.22. The topological polar surface area (TPSA) is 77.9 Å². The summed E-state index contributed by atoms with van der Waals surface area (Å²) in [6.45, 7) is 4.18. The largest absolute Gasteiger partial charge is 0.507 e. The van der Waals surface area contributed by atoms with Gasteiger partial charge in [-0.25, -0.2) is 12.8 Å². The van der Waals surface area contributed by atoms with Crippen LogP contribution in [0.5, 0.6) is 5.75 Å². The standard InChI is InChI=1S/C21H21FN2O4S2/c1-13-6-7-16(25)18(12-13)30(27,28)24-10-8-23(9-11-24)21(26)20-14(2)19-15(22)4-3-5-17(19)29-20/h3-7,12,25H,8-11H2,1-2H3. The minimum atomic E-state index is -3.86. The van der Waals surface area contributed by atoms with Crippen molar-refractivity contribution >= 4 is 37.4 Å². The number of hydrogen-bond acceptors (Lipinski definition) is 5. The van der Waals surface area contributed by atoms with Crippen molar-refractivity contribution in [3.05, 3.63) is 58.2 Å². The summed E-state index contributed by atoms with van der Waals surface area (Å²) in [5, 5.41) is 10.5. The van der Waals surface area contributed by atoms with E-state index in [1.54, 1.807) is 36.9 Å². The molecule has 0 radical (unpaired) electrons. The van der Waals surface area contributed by atoms with Gasteiger partial charge in [-0.15, -0.1) is 11.3 Å². The Hall–Kier alpha value is -2.49. The van der Waals surface area contributed by atoms with Crippen LogP contribution >= 0.6 is 11.3 Å². The number of nitrogens with zero attached hydrogens (tertiary/aromatic N) is 2. The minimum absolute atomic E-state index is 0.125. The van der Waals surface area contributed by atoms with Crippen LogP contribution in [0.1, 0.15) is 20.8 Å². The fraction of sp³-hybridized carbons (Fsp3) is 0.286. The summed E-state index contributed by atoms with van der Waals surface area (Å²) in [6.07, 6.45) is 0. The van der Waals surface area contributed by atoms with Crippen molar-refractivity contribution in [1.29, 1.82) is 0 Å². The quantitative estimate of drug-likeness (QED) is 0.665. The summed E-state index contributed by atoms with van der Waals surface area (Å²) < 4.78 is 42.0. The van der Waals surface area contributed by atoms with Gasteiger partial charge in [-0.1, -0.05) is 12.1 Å². The summed E-state index contributed by atoms with van der Waals surface area (Å²) in [4.78, 5) is 15.0. The highest BCUT2D eigenvalue weighted by Crippen LogP contribution is 2.34. The molecule has 1 aromatic heterocycles. The number of hydrogen-bond donors (Lipinski definition) is 1. The first-order valence-corrected chi connectivity index (χ1v) is 11.7. The molecule has 1 fully saturated rings. The second-order valence-corrected chi connectivity index (χ2v) is 10.3. The molecule has 1 aliphatic heterocycles. The lowest BCUT2D eigenvalue weighted by Gasteiger charge is -2.34. The van der Waals surface area contributed by atoms with Crippen LogP contribution in [0.2, 0.25) is 0 Å². The number of phenols is 1. The van der Waals surface area contributed by atoms with Gasteiger partial charge in [0.15, 0.2) is 0 Å². The van der Waals surface area contributed by atoms with Crippen LogP contribution in [0.25, 0.3) is 10.1 Å². The molecule has 6 nitrogen and oxygen atoms in total. The average Bonchev–Trinajstić information content (AvgIpc) is 3.07. The highest BCUT2D eigenvalue weighted by molar-refractivity contribution is 7.89. The number of aromatic hydroxyl groups is 1. The predicted octanol–water partition coefficient (Wildman–Crippen LogP) is 3.51. The van der Waals surface area contributed by atoms with E-state index in [-0.39, 0.29) is 48.5 Å². The van der Waals surface area contributed by atoms with Crippen LogP contribution in [-0.4, -0.2) is 54.8 Å². The second kappa shape index (κ2) is 7.64. The molecule has 0 unspecified atom stereocenters. The van der Waals surface area contributed by atoms with Gasteiger partial charge in [0.25, 0.3) is 5.91 Å². The molecule has 0 saturated carbocycles. The van der Waals surface area contributed by atoms with Crippen LogP contribution in [0.3, 0.4) is 0 Å². The third-order valence-corrected chi connectivity index (χ3v) is 8.53. The second-order valence-electron chi connectivity index (χ2n) is 7.34. The first-order valence-electron chi connectivity index (χ1n) is 9.47. The fourth-order valence-electron chi connectivity index (χ4n) is 3.70. The number of benzene rings is 2. The molecule has 30 heavy (non-hydrogen) atoms. The molecule has 2 aromatic carbocycles. The monoisotopic (exact) mass is 448 g/mol. The highest BCUT2D eigenvalue weighted by Gasteiger charge is 2.33. The minimum Gasteiger partial charge on any atom is -0.507 e. The van der Waals surface area contributed by atoms with E-state index in [0.29, 0.717) is 20.5 Å². The molecule has 0 atom stereocenters. The van der Waals surface area contributed by atoms with Gasteiger partial charge in [0.05, 0.1) is 4.88 Å². The maximum absolute atomic E-state index is 14.2. The molecule has 1 aliphatic rings. The third kappa shape index (κ3) is 3.46. The molecule has 2 heterocycles. The number of amides is 1. The molecule has 4 rings (SSSR count). The van der Waals surface area contributed by atoms with Gasteiger partial charge < -0.3 is 10.0 Å². The van der Waals surface area contributed by atoms with Crippen molar-refractivity contribution in [3.8, 4) is 5.75 Å². The Labute approximate surface area is 178 Å². The lowest BCUT2D eigenvalue weighted by Crippen LogP contribution is -2.50. The first kappa shape index (κ1) is 20.8. The van der Waals surface area contributed by atoms with E-state index in [0.717, 1.165) is 5.56 Å². The van der Waals surface area contributed by atoms with Gasteiger partial charge in [0.2, 0.25) is 10.0 Å². The molecule has 0 spiro atoms. The number of rotatable bonds is 3. The molecular formula is C21H21FN2O4S2. The number of fused-ring (bicyclic) bond motifs is 1. The van der Waals surface area contributed by atoms with Crippen LogP contribution in [0.4, 0.5) is 4.39 Å². The summed E-state index contributed by atoms with van der Waals surface area (Å²) in [5.74, 6) is -0.861. The van der Waals surface area contributed by atoms with E-state index in [1.807, 2.05) is 0 Å². The smallest absolute Gasteiger partial charge is 0.264 e. The summed E-state index contributed by atoms with van der Waals surface area (Å²) >= 11 is 1.25. The number of sulfonamides is 1.